The molecule has 0 radical (unpaired) electrons. The number of Topliss-reactive ketones (excluding diaryl/α,β-unsaturated/α-hetero) is 1. The first-order chi connectivity index (χ1) is 8.74. The molecule has 1 saturated heterocycles. The molecule has 98 valence electrons. The zero-order chi connectivity index (χ0) is 12.8. The molecule has 2 rings (SSSR count). The molecule has 1 aromatic carbocycles. The lowest BCUT2D eigenvalue weighted by Gasteiger charge is -2.21. The minimum atomic E-state index is 0.405. The second-order valence-corrected chi connectivity index (χ2v) is 5.28. The molecule has 0 atom stereocenters. The Morgan fingerprint density at radius 2 is 1.89 bits per heavy atom. The fourth-order valence-electron chi connectivity index (χ4n) is 2.41. The Balaban J connectivity index is 1.72. The molecule has 2 nitrogen and oxygen atoms in total. The minimum absolute atomic E-state index is 0.405. The summed E-state index contributed by atoms with van der Waals surface area (Å²) in [5.74, 6) is 0.965. The quantitative estimate of drug-likeness (QED) is 0.796. The van der Waals surface area contributed by atoms with Crippen LogP contribution in [0.4, 0.5) is 0 Å². The van der Waals surface area contributed by atoms with Gasteiger partial charge in [-0.25, -0.2) is 0 Å². The van der Waals surface area contributed by atoms with Crippen molar-refractivity contribution in [3.05, 3.63) is 35.4 Å². The van der Waals surface area contributed by atoms with E-state index in [1.165, 1.54) is 11.1 Å². The summed E-state index contributed by atoms with van der Waals surface area (Å²) >= 11 is 0. The van der Waals surface area contributed by atoms with Gasteiger partial charge in [0.1, 0.15) is 5.78 Å². The van der Waals surface area contributed by atoms with E-state index < -0.39 is 0 Å². The highest BCUT2D eigenvalue weighted by Gasteiger charge is 2.17. The van der Waals surface area contributed by atoms with E-state index in [1.807, 2.05) is 0 Å². The number of aryl methyl sites for hydroxylation is 2. The molecular weight excluding hydrogens is 224 g/mol. The number of carbonyl (C=O) groups is 1. The molecule has 2 heteroatoms. The SMILES string of the molecule is Cc1ccc(CCC(=O)CC2CCOCC2)cc1. The highest BCUT2D eigenvalue weighted by Crippen LogP contribution is 2.19. The van der Waals surface area contributed by atoms with E-state index in [1.54, 1.807) is 0 Å². The number of ether oxygens (including phenoxy) is 1. The van der Waals surface area contributed by atoms with Crippen LogP contribution in [0.25, 0.3) is 0 Å². The number of hydrogen-bond donors (Lipinski definition) is 0. The van der Waals surface area contributed by atoms with Gasteiger partial charge in [-0.1, -0.05) is 29.8 Å². The molecular formula is C16H22O2. The van der Waals surface area contributed by atoms with Crippen LogP contribution in [0, 0.1) is 12.8 Å². The third kappa shape index (κ3) is 4.26. The molecule has 1 fully saturated rings. The van der Waals surface area contributed by atoms with Gasteiger partial charge in [-0.15, -0.1) is 0 Å². The van der Waals surface area contributed by atoms with Crippen LogP contribution in [-0.2, 0) is 16.0 Å². The monoisotopic (exact) mass is 246 g/mol. The second kappa shape index (κ2) is 6.69. The Hall–Kier alpha value is -1.15. The largest absolute Gasteiger partial charge is 0.381 e. The minimum Gasteiger partial charge on any atom is -0.381 e. The van der Waals surface area contributed by atoms with Gasteiger partial charge in [0, 0.05) is 26.1 Å². The average molecular weight is 246 g/mol. The Morgan fingerprint density at radius 1 is 1.22 bits per heavy atom. The topological polar surface area (TPSA) is 26.3 Å². The number of carbonyl (C=O) groups excluding carboxylic acids is 1. The number of benzene rings is 1. The van der Waals surface area contributed by atoms with Crippen molar-refractivity contribution in [2.24, 2.45) is 5.92 Å². The van der Waals surface area contributed by atoms with Crippen molar-refractivity contribution in [3.8, 4) is 0 Å². The molecule has 1 aromatic rings. The van der Waals surface area contributed by atoms with Crippen molar-refractivity contribution in [3.63, 3.8) is 0 Å². The Kier molecular flexibility index (Phi) is 4.94. The maximum atomic E-state index is 11.9. The molecule has 18 heavy (non-hydrogen) atoms. The van der Waals surface area contributed by atoms with Gasteiger partial charge in [0.15, 0.2) is 0 Å². The predicted molar refractivity (Wildman–Crippen MR) is 72.7 cm³/mol. The number of rotatable bonds is 5. The first-order valence-corrected chi connectivity index (χ1v) is 6.89. The van der Waals surface area contributed by atoms with Crippen molar-refractivity contribution in [2.75, 3.05) is 13.2 Å². The van der Waals surface area contributed by atoms with E-state index in [0.717, 1.165) is 38.9 Å². The van der Waals surface area contributed by atoms with Gasteiger partial charge in [-0.2, -0.15) is 0 Å². The van der Waals surface area contributed by atoms with Gasteiger partial charge in [-0.3, -0.25) is 4.79 Å². The lowest BCUT2D eigenvalue weighted by atomic mass is 9.92. The first-order valence-electron chi connectivity index (χ1n) is 6.89. The Morgan fingerprint density at radius 3 is 2.56 bits per heavy atom. The molecule has 0 bridgehead atoms. The van der Waals surface area contributed by atoms with E-state index in [0.29, 0.717) is 18.1 Å². The van der Waals surface area contributed by atoms with Crippen molar-refractivity contribution < 1.29 is 9.53 Å². The third-order valence-electron chi connectivity index (χ3n) is 3.67. The van der Waals surface area contributed by atoms with Crippen LogP contribution in [0.5, 0.6) is 0 Å². The van der Waals surface area contributed by atoms with Crippen molar-refractivity contribution in [1.29, 1.82) is 0 Å². The lowest BCUT2D eigenvalue weighted by molar-refractivity contribution is -0.120. The van der Waals surface area contributed by atoms with Crippen LogP contribution in [0.2, 0.25) is 0 Å². The maximum Gasteiger partial charge on any atom is 0.133 e. The maximum absolute atomic E-state index is 11.9. The number of hydrogen-bond acceptors (Lipinski definition) is 2. The average Bonchev–Trinajstić information content (AvgIpc) is 2.39. The summed E-state index contributed by atoms with van der Waals surface area (Å²) in [5.41, 5.74) is 2.54. The van der Waals surface area contributed by atoms with Crippen molar-refractivity contribution >= 4 is 5.78 Å². The third-order valence-corrected chi connectivity index (χ3v) is 3.67. The second-order valence-electron chi connectivity index (χ2n) is 5.28. The molecule has 0 spiro atoms. The Labute approximate surface area is 109 Å². The fraction of sp³-hybridized carbons (Fsp3) is 0.562. The summed E-state index contributed by atoms with van der Waals surface area (Å²) in [4.78, 5) is 11.9. The zero-order valence-electron chi connectivity index (χ0n) is 11.2. The molecule has 0 N–H and O–H groups in total. The molecule has 0 aliphatic carbocycles. The van der Waals surface area contributed by atoms with Crippen LogP contribution in [0.3, 0.4) is 0 Å². The molecule has 0 saturated carbocycles. The zero-order valence-corrected chi connectivity index (χ0v) is 11.2. The van der Waals surface area contributed by atoms with Gasteiger partial charge in [0.05, 0.1) is 0 Å². The van der Waals surface area contributed by atoms with Gasteiger partial charge in [0.25, 0.3) is 0 Å². The van der Waals surface area contributed by atoms with Crippen LogP contribution >= 0.6 is 0 Å². The van der Waals surface area contributed by atoms with Gasteiger partial charge < -0.3 is 4.74 Å². The fourth-order valence-corrected chi connectivity index (χ4v) is 2.41. The van der Waals surface area contributed by atoms with E-state index in [4.69, 9.17) is 4.74 Å². The molecule has 1 aliphatic rings. The first kappa shape index (κ1) is 13.3. The molecule has 0 unspecified atom stereocenters. The highest BCUT2D eigenvalue weighted by molar-refractivity contribution is 5.78. The summed E-state index contributed by atoms with van der Waals surface area (Å²) in [7, 11) is 0. The van der Waals surface area contributed by atoms with E-state index >= 15 is 0 Å². The van der Waals surface area contributed by atoms with Crippen LogP contribution in [0.15, 0.2) is 24.3 Å². The summed E-state index contributed by atoms with van der Waals surface area (Å²) in [5, 5.41) is 0. The van der Waals surface area contributed by atoms with Crippen LogP contribution in [0.1, 0.15) is 36.8 Å². The summed E-state index contributed by atoms with van der Waals surface area (Å²) in [6, 6.07) is 8.46. The molecule has 1 aliphatic heterocycles. The number of ketones is 1. The van der Waals surface area contributed by atoms with Crippen molar-refractivity contribution in [1.82, 2.24) is 0 Å². The summed E-state index contributed by atoms with van der Waals surface area (Å²) < 4.78 is 5.31. The summed E-state index contributed by atoms with van der Waals surface area (Å²) in [6.07, 6.45) is 4.41. The molecule has 0 aromatic heterocycles. The highest BCUT2D eigenvalue weighted by atomic mass is 16.5. The van der Waals surface area contributed by atoms with E-state index in [2.05, 4.69) is 31.2 Å². The van der Waals surface area contributed by atoms with Gasteiger partial charge in [-0.05, 0) is 37.7 Å². The van der Waals surface area contributed by atoms with Gasteiger partial charge >= 0.3 is 0 Å². The summed E-state index contributed by atoms with van der Waals surface area (Å²) in [6.45, 7) is 3.74. The molecule has 1 heterocycles. The van der Waals surface area contributed by atoms with Gasteiger partial charge in [0.2, 0.25) is 0 Å². The van der Waals surface area contributed by atoms with Crippen LogP contribution < -0.4 is 0 Å². The normalized spacial score (nSPS) is 16.7. The van der Waals surface area contributed by atoms with Crippen molar-refractivity contribution in [2.45, 2.75) is 39.0 Å². The predicted octanol–water partition coefficient (Wildman–Crippen LogP) is 3.31. The van der Waals surface area contributed by atoms with Crippen LogP contribution in [-0.4, -0.2) is 19.0 Å². The Bertz CT molecular complexity index is 375. The van der Waals surface area contributed by atoms with E-state index in [9.17, 15) is 4.79 Å². The standard InChI is InChI=1S/C16H22O2/c1-13-2-4-14(5-3-13)6-7-16(17)12-15-8-10-18-11-9-15/h2-5,15H,6-12H2,1H3. The van der Waals surface area contributed by atoms with E-state index in [-0.39, 0.29) is 0 Å². The molecule has 0 amide bonds. The lowest BCUT2D eigenvalue weighted by Crippen LogP contribution is -2.18. The smallest absolute Gasteiger partial charge is 0.133 e.